The van der Waals surface area contributed by atoms with Crippen molar-refractivity contribution in [2.45, 2.75) is 36.2 Å². The maximum absolute atomic E-state index is 11.4. The lowest BCUT2D eigenvalue weighted by molar-refractivity contribution is 0.642. The molecule has 6 nitrogen and oxygen atoms in total. The number of thioether (sulfide) groups is 1. The van der Waals surface area contributed by atoms with Gasteiger partial charge in [0, 0.05) is 6.04 Å². The van der Waals surface area contributed by atoms with Gasteiger partial charge < -0.3 is 5.73 Å². The van der Waals surface area contributed by atoms with E-state index in [1.165, 1.54) is 11.8 Å². The zero-order chi connectivity index (χ0) is 11.0. The zero-order valence-electron chi connectivity index (χ0n) is 8.36. The number of amidine groups is 1. The number of nitrogens with one attached hydrogen (secondary N) is 2. The number of nitrogens with two attached hydrogens (primary N) is 1. The molecule has 0 aliphatic heterocycles. The van der Waals surface area contributed by atoms with Crippen molar-refractivity contribution in [1.29, 1.82) is 5.41 Å². The summed E-state index contributed by atoms with van der Waals surface area (Å²) in [5.74, 6) is 0.0952. The van der Waals surface area contributed by atoms with Crippen molar-refractivity contribution in [3.63, 3.8) is 0 Å². The first-order valence-electron chi connectivity index (χ1n) is 4.77. The zero-order valence-corrected chi connectivity index (χ0v) is 9.17. The molecule has 0 spiro atoms. The molecule has 4 N–H and O–H groups in total. The van der Waals surface area contributed by atoms with Crippen molar-refractivity contribution in [1.82, 2.24) is 14.8 Å². The quantitative estimate of drug-likeness (QED) is 0.392. The maximum Gasteiger partial charge on any atom is 0.344 e. The van der Waals surface area contributed by atoms with Crippen molar-refractivity contribution in [3.8, 4) is 0 Å². The Hall–Kier alpha value is -1.24. The van der Waals surface area contributed by atoms with E-state index < -0.39 is 0 Å². The van der Waals surface area contributed by atoms with E-state index in [2.05, 4.69) is 10.2 Å². The van der Waals surface area contributed by atoms with Crippen molar-refractivity contribution in [2.75, 3.05) is 0 Å². The lowest BCUT2D eigenvalue weighted by atomic mass is 10.4. The Morgan fingerprint density at radius 1 is 1.80 bits per heavy atom. The maximum atomic E-state index is 11.4. The topological polar surface area (TPSA) is 101 Å². The van der Waals surface area contributed by atoms with Gasteiger partial charge in [0.15, 0.2) is 5.16 Å². The Kier molecular flexibility index (Phi) is 2.56. The van der Waals surface area contributed by atoms with Gasteiger partial charge in [-0.1, -0.05) is 11.8 Å². The number of hydrogen-bond donors (Lipinski definition) is 3. The van der Waals surface area contributed by atoms with E-state index in [1.807, 2.05) is 6.92 Å². The third-order valence-corrected chi connectivity index (χ3v) is 3.41. The Morgan fingerprint density at radius 3 is 3.00 bits per heavy atom. The summed E-state index contributed by atoms with van der Waals surface area (Å²) < 4.78 is 1.66. The average Bonchev–Trinajstić information content (AvgIpc) is 2.93. The van der Waals surface area contributed by atoms with Crippen molar-refractivity contribution < 1.29 is 0 Å². The highest BCUT2D eigenvalue weighted by atomic mass is 32.2. The second kappa shape index (κ2) is 3.73. The molecule has 0 amide bonds. The Bertz CT molecular complexity index is 432. The van der Waals surface area contributed by atoms with Crippen LogP contribution < -0.4 is 11.4 Å². The summed E-state index contributed by atoms with van der Waals surface area (Å²) in [6.07, 6.45) is 2.06. The Labute approximate surface area is 90.8 Å². The molecule has 1 heterocycles. The first-order chi connectivity index (χ1) is 7.09. The number of nitrogens with zero attached hydrogens (tertiary/aromatic N) is 2. The first kappa shape index (κ1) is 10.3. The molecule has 0 radical (unpaired) electrons. The molecule has 0 bridgehead atoms. The molecule has 0 saturated heterocycles. The highest BCUT2D eigenvalue weighted by Crippen LogP contribution is 2.36. The minimum atomic E-state index is -0.171. The molecule has 0 aromatic carbocycles. The molecule has 1 unspecified atom stereocenters. The molecule has 82 valence electrons. The number of H-pyrrole nitrogens is 1. The van der Waals surface area contributed by atoms with Gasteiger partial charge in [-0.2, -0.15) is 0 Å². The standard InChI is InChI=1S/C8H13N5OS/c1-4(6(9)10)15-8-12-11-7(14)13(8)5-2-3-5/h4-5H,2-3H2,1H3,(H3,9,10)(H,11,14). The van der Waals surface area contributed by atoms with Gasteiger partial charge in [0.1, 0.15) is 5.84 Å². The summed E-state index contributed by atoms with van der Waals surface area (Å²) in [6.45, 7) is 1.82. The fourth-order valence-corrected chi connectivity index (χ4v) is 2.14. The van der Waals surface area contributed by atoms with Crippen molar-refractivity contribution >= 4 is 17.6 Å². The monoisotopic (exact) mass is 227 g/mol. The Morgan fingerprint density at radius 2 is 2.47 bits per heavy atom. The fourth-order valence-electron chi connectivity index (χ4n) is 1.25. The van der Waals surface area contributed by atoms with Crippen LogP contribution >= 0.6 is 11.8 Å². The molecule has 1 fully saturated rings. The Balaban J connectivity index is 2.21. The van der Waals surface area contributed by atoms with Gasteiger partial charge >= 0.3 is 5.69 Å². The van der Waals surface area contributed by atoms with E-state index in [0.29, 0.717) is 5.16 Å². The van der Waals surface area contributed by atoms with Gasteiger partial charge in [-0.3, -0.25) is 9.98 Å². The van der Waals surface area contributed by atoms with Gasteiger partial charge in [0.25, 0.3) is 0 Å². The van der Waals surface area contributed by atoms with Gasteiger partial charge in [0.2, 0.25) is 0 Å². The van der Waals surface area contributed by atoms with Gasteiger partial charge in [0.05, 0.1) is 5.25 Å². The van der Waals surface area contributed by atoms with Gasteiger partial charge in [-0.15, -0.1) is 5.10 Å². The first-order valence-corrected chi connectivity index (χ1v) is 5.65. The van der Waals surface area contributed by atoms with E-state index in [0.717, 1.165) is 12.8 Å². The van der Waals surface area contributed by atoms with Crippen LogP contribution in [0.25, 0.3) is 0 Å². The summed E-state index contributed by atoms with van der Waals surface area (Å²) in [7, 11) is 0. The van der Waals surface area contributed by atoms with Crippen LogP contribution in [0.5, 0.6) is 0 Å². The van der Waals surface area contributed by atoms with Crippen LogP contribution in [0.15, 0.2) is 9.95 Å². The van der Waals surface area contributed by atoms with E-state index in [-0.39, 0.29) is 22.8 Å². The van der Waals surface area contributed by atoms with Crippen LogP contribution in [0.2, 0.25) is 0 Å². The van der Waals surface area contributed by atoms with E-state index >= 15 is 0 Å². The molecule has 1 aromatic heterocycles. The molecule has 1 aliphatic carbocycles. The van der Waals surface area contributed by atoms with E-state index in [1.54, 1.807) is 4.57 Å². The van der Waals surface area contributed by atoms with Crippen molar-refractivity contribution in [3.05, 3.63) is 10.5 Å². The van der Waals surface area contributed by atoms with E-state index in [4.69, 9.17) is 11.1 Å². The molecule has 7 heteroatoms. The number of aromatic amines is 1. The minimum absolute atomic E-state index is 0.0952. The highest BCUT2D eigenvalue weighted by Gasteiger charge is 2.29. The van der Waals surface area contributed by atoms with Gasteiger partial charge in [-0.25, -0.2) is 9.89 Å². The fraction of sp³-hybridized carbons (Fsp3) is 0.625. The van der Waals surface area contributed by atoms with Crippen LogP contribution in [-0.2, 0) is 0 Å². The van der Waals surface area contributed by atoms with Gasteiger partial charge in [-0.05, 0) is 19.8 Å². The largest absolute Gasteiger partial charge is 0.387 e. The summed E-state index contributed by atoms with van der Waals surface area (Å²) in [5, 5.41) is 14.1. The molecule has 2 rings (SSSR count). The van der Waals surface area contributed by atoms with Crippen LogP contribution in [0, 0.1) is 5.41 Å². The molecule has 1 saturated carbocycles. The molecule has 1 aromatic rings. The number of rotatable bonds is 4. The molecular weight excluding hydrogens is 214 g/mol. The predicted molar refractivity (Wildman–Crippen MR) is 58.4 cm³/mol. The number of hydrogen-bond acceptors (Lipinski definition) is 4. The smallest absolute Gasteiger partial charge is 0.344 e. The van der Waals surface area contributed by atoms with Crippen molar-refractivity contribution in [2.24, 2.45) is 5.73 Å². The van der Waals surface area contributed by atoms with Crippen LogP contribution in [0.3, 0.4) is 0 Å². The average molecular weight is 227 g/mol. The summed E-state index contributed by atoms with van der Waals surface area (Å²) in [4.78, 5) is 11.4. The van der Waals surface area contributed by atoms with E-state index in [9.17, 15) is 4.79 Å². The second-order valence-corrected chi connectivity index (χ2v) is 4.94. The lowest BCUT2D eigenvalue weighted by Gasteiger charge is -2.08. The summed E-state index contributed by atoms with van der Waals surface area (Å²) >= 11 is 1.34. The molecule has 15 heavy (non-hydrogen) atoms. The lowest BCUT2D eigenvalue weighted by Crippen LogP contribution is -2.23. The number of aromatic nitrogens is 3. The third-order valence-electron chi connectivity index (χ3n) is 2.30. The highest BCUT2D eigenvalue weighted by molar-refractivity contribution is 8.00. The van der Waals surface area contributed by atoms with Crippen LogP contribution in [-0.4, -0.2) is 25.9 Å². The third kappa shape index (κ3) is 2.06. The molecular formula is C8H13N5OS. The summed E-state index contributed by atoms with van der Waals surface area (Å²) in [5.41, 5.74) is 5.20. The molecule has 1 atom stereocenters. The van der Waals surface area contributed by atoms with Crippen LogP contribution in [0.4, 0.5) is 0 Å². The predicted octanol–water partition coefficient (Wildman–Crippen LogP) is 0.323. The van der Waals surface area contributed by atoms with Crippen LogP contribution in [0.1, 0.15) is 25.8 Å². The normalized spacial score (nSPS) is 17.7. The minimum Gasteiger partial charge on any atom is -0.387 e. The SMILES string of the molecule is CC(Sc1n[nH]c(=O)n1C1CC1)C(=N)N. The summed E-state index contributed by atoms with van der Waals surface area (Å²) in [6, 6.07) is 0.290. The molecule has 1 aliphatic rings. The second-order valence-electron chi connectivity index (χ2n) is 3.63.